The number of para-hydroxylation sites is 1. The minimum absolute atomic E-state index is 0.270. The number of nitrogens with zero attached hydrogens (tertiary/aromatic N) is 3. The van der Waals surface area contributed by atoms with Crippen molar-refractivity contribution in [1.82, 2.24) is 15.4 Å². The van der Waals surface area contributed by atoms with Crippen LogP contribution in [0.4, 0.5) is 5.82 Å². The van der Waals surface area contributed by atoms with Crippen LogP contribution in [0, 0.1) is 11.8 Å². The normalized spacial score (nSPS) is 25.9. The zero-order valence-electron chi connectivity index (χ0n) is 17.9. The Balaban J connectivity index is 1.10. The number of aromatic nitrogens is 1. The molecule has 0 bridgehead atoms. The smallest absolute Gasteiger partial charge is 0.220 e. The quantitative estimate of drug-likeness (QED) is 0.812. The summed E-state index contributed by atoms with van der Waals surface area (Å²) in [5.74, 6) is 2.46. The van der Waals surface area contributed by atoms with Gasteiger partial charge in [-0.1, -0.05) is 36.6 Å². The molecule has 6 nitrogen and oxygen atoms in total. The second-order valence-electron chi connectivity index (χ2n) is 9.55. The first-order valence-corrected chi connectivity index (χ1v) is 11.9. The average Bonchev–Trinajstić information content (AvgIpc) is 3.22. The van der Waals surface area contributed by atoms with Crippen LogP contribution in [0.5, 0.6) is 0 Å². The molecule has 3 fully saturated rings. The van der Waals surface area contributed by atoms with E-state index in [1.165, 1.54) is 44.9 Å². The first kappa shape index (κ1) is 19.9. The molecule has 30 heavy (non-hydrogen) atoms. The van der Waals surface area contributed by atoms with Gasteiger partial charge in [0.2, 0.25) is 5.91 Å². The molecule has 2 aromatic rings. The molecule has 2 aliphatic heterocycles. The van der Waals surface area contributed by atoms with Crippen molar-refractivity contribution >= 4 is 22.7 Å². The molecule has 1 aromatic carbocycles. The number of piperidine rings is 1. The second kappa shape index (κ2) is 8.96. The summed E-state index contributed by atoms with van der Waals surface area (Å²) in [6.45, 7) is 4.98. The molecule has 2 saturated heterocycles. The number of carbonyl (C=O) groups excluding carboxylic acids is 1. The molecule has 1 amide bonds. The van der Waals surface area contributed by atoms with E-state index in [9.17, 15) is 4.79 Å². The lowest BCUT2D eigenvalue weighted by Crippen LogP contribution is -2.57. The monoisotopic (exact) mass is 410 g/mol. The zero-order valence-corrected chi connectivity index (χ0v) is 17.9. The van der Waals surface area contributed by atoms with Gasteiger partial charge >= 0.3 is 0 Å². The summed E-state index contributed by atoms with van der Waals surface area (Å²) < 4.78 is 5.52. The number of anilines is 1. The van der Waals surface area contributed by atoms with Gasteiger partial charge in [-0.15, -0.1) is 0 Å². The van der Waals surface area contributed by atoms with E-state index >= 15 is 0 Å². The van der Waals surface area contributed by atoms with Gasteiger partial charge in [-0.05, 0) is 49.7 Å². The number of hydrogen-bond acceptors (Lipinski definition) is 5. The van der Waals surface area contributed by atoms with Crippen LogP contribution in [0.1, 0.15) is 51.4 Å². The average molecular weight is 411 g/mol. The molecule has 1 aliphatic carbocycles. The Kier molecular flexibility index (Phi) is 5.93. The molecule has 0 radical (unpaired) electrons. The highest BCUT2D eigenvalue weighted by Gasteiger charge is 2.34. The lowest BCUT2D eigenvalue weighted by atomic mass is 9.86. The molecule has 3 heterocycles. The third-order valence-corrected chi connectivity index (χ3v) is 7.45. The first-order valence-electron chi connectivity index (χ1n) is 11.9. The third-order valence-electron chi connectivity index (χ3n) is 7.45. The van der Waals surface area contributed by atoms with Crippen LogP contribution < -0.4 is 10.2 Å². The minimum Gasteiger partial charge on any atom is -0.356 e. The standard InChI is InChI=1S/C24H34N4O2/c29-23(14-18-6-2-1-3-7-18)25-15-19-10-11-20-17-28(13-12-27(20)16-19)24-21-8-4-5-9-22(21)30-26-24/h4-5,8-9,18-20H,1-3,6-7,10-17H2,(H,25,29). The minimum atomic E-state index is 0.270. The van der Waals surface area contributed by atoms with E-state index in [1.807, 2.05) is 18.2 Å². The Morgan fingerprint density at radius 2 is 1.90 bits per heavy atom. The molecular weight excluding hydrogens is 376 g/mol. The van der Waals surface area contributed by atoms with E-state index in [-0.39, 0.29) is 5.91 Å². The number of fused-ring (bicyclic) bond motifs is 2. The van der Waals surface area contributed by atoms with Gasteiger partial charge in [-0.3, -0.25) is 9.69 Å². The van der Waals surface area contributed by atoms with Crippen LogP contribution in [0.25, 0.3) is 11.0 Å². The maximum absolute atomic E-state index is 12.4. The summed E-state index contributed by atoms with van der Waals surface area (Å²) >= 11 is 0. The van der Waals surface area contributed by atoms with Crippen LogP contribution in [0.15, 0.2) is 28.8 Å². The molecule has 1 saturated carbocycles. The Morgan fingerprint density at radius 1 is 1.03 bits per heavy atom. The molecule has 2 atom stereocenters. The maximum atomic E-state index is 12.4. The summed E-state index contributed by atoms with van der Waals surface area (Å²) in [6, 6.07) is 8.69. The molecule has 1 aromatic heterocycles. The lowest BCUT2D eigenvalue weighted by Gasteiger charge is -2.46. The fourth-order valence-corrected chi connectivity index (χ4v) is 5.70. The van der Waals surface area contributed by atoms with Gasteiger partial charge in [0.15, 0.2) is 11.4 Å². The fraction of sp³-hybridized carbons (Fsp3) is 0.667. The Hall–Kier alpha value is -2.08. The topological polar surface area (TPSA) is 61.6 Å². The first-order chi connectivity index (χ1) is 14.8. The zero-order chi connectivity index (χ0) is 20.3. The van der Waals surface area contributed by atoms with Crippen molar-refractivity contribution in [2.24, 2.45) is 11.8 Å². The van der Waals surface area contributed by atoms with Crippen molar-refractivity contribution in [3.05, 3.63) is 24.3 Å². The number of rotatable bonds is 5. The van der Waals surface area contributed by atoms with E-state index in [2.05, 4.69) is 26.3 Å². The van der Waals surface area contributed by atoms with Crippen LogP contribution >= 0.6 is 0 Å². The predicted octanol–water partition coefficient (Wildman–Crippen LogP) is 3.82. The Bertz CT molecular complexity index is 860. The summed E-state index contributed by atoms with van der Waals surface area (Å²) in [5, 5.41) is 8.71. The molecule has 5 rings (SSSR count). The Morgan fingerprint density at radius 3 is 2.80 bits per heavy atom. The largest absolute Gasteiger partial charge is 0.356 e. The third kappa shape index (κ3) is 4.34. The van der Waals surface area contributed by atoms with Gasteiger partial charge in [0.05, 0.1) is 5.39 Å². The number of nitrogens with one attached hydrogen (secondary N) is 1. The van der Waals surface area contributed by atoms with E-state index in [4.69, 9.17) is 4.52 Å². The van der Waals surface area contributed by atoms with Crippen LogP contribution in [0.2, 0.25) is 0 Å². The Labute approximate surface area is 178 Å². The highest BCUT2D eigenvalue weighted by Crippen LogP contribution is 2.31. The molecule has 1 N–H and O–H groups in total. The van der Waals surface area contributed by atoms with Crippen LogP contribution in [-0.2, 0) is 4.79 Å². The number of amides is 1. The fourth-order valence-electron chi connectivity index (χ4n) is 5.70. The van der Waals surface area contributed by atoms with Gasteiger partial charge in [0.25, 0.3) is 0 Å². The van der Waals surface area contributed by atoms with E-state index in [0.29, 0.717) is 17.9 Å². The van der Waals surface area contributed by atoms with E-state index in [0.717, 1.165) is 55.9 Å². The number of hydrogen-bond donors (Lipinski definition) is 1. The van der Waals surface area contributed by atoms with E-state index < -0.39 is 0 Å². The second-order valence-corrected chi connectivity index (χ2v) is 9.55. The SMILES string of the molecule is O=C(CC1CCCCC1)NCC1CCC2CN(c3noc4ccccc34)CCN2C1. The van der Waals surface area contributed by atoms with Crippen molar-refractivity contribution in [1.29, 1.82) is 0 Å². The van der Waals surface area contributed by atoms with Crippen molar-refractivity contribution in [2.45, 2.75) is 57.4 Å². The van der Waals surface area contributed by atoms with E-state index in [1.54, 1.807) is 0 Å². The summed E-state index contributed by atoms with van der Waals surface area (Å²) in [4.78, 5) is 17.4. The summed E-state index contributed by atoms with van der Waals surface area (Å²) in [7, 11) is 0. The summed E-state index contributed by atoms with van der Waals surface area (Å²) in [5.41, 5.74) is 0.864. The van der Waals surface area contributed by atoms with Crippen molar-refractivity contribution in [3.63, 3.8) is 0 Å². The maximum Gasteiger partial charge on any atom is 0.220 e. The van der Waals surface area contributed by atoms with Gasteiger partial charge in [0, 0.05) is 45.2 Å². The highest BCUT2D eigenvalue weighted by molar-refractivity contribution is 5.88. The predicted molar refractivity (Wildman–Crippen MR) is 119 cm³/mol. The van der Waals surface area contributed by atoms with Crippen LogP contribution in [0.3, 0.4) is 0 Å². The number of carbonyl (C=O) groups is 1. The summed E-state index contributed by atoms with van der Waals surface area (Å²) in [6.07, 6.45) is 9.55. The van der Waals surface area contributed by atoms with Gasteiger partial charge in [0.1, 0.15) is 0 Å². The highest BCUT2D eigenvalue weighted by atomic mass is 16.5. The molecule has 0 spiro atoms. The molecule has 2 unspecified atom stereocenters. The van der Waals surface area contributed by atoms with Crippen LogP contribution in [-0.4, -0.2) is 54.7 Å². The number of piperazine rings is 1. The van der Waals surface area contributed by atoms with Crippen molar-refractivity contribution in [2.75, 3.05) is 37.6 Å². The van der Waals surface area contributed by atoms with Gasteiger partial charge < -0.3 is 14.7 Å². The van der Waals surface area contributed by atoms with Crippen molar-refractivity contribution in [3.8, 4) is 0 Å². The molecule has 6 heteroatoms. The van der Waals surface area contributed by atoms with Gasteiger partial charge in [-0.2, -0.15) is 0 Å². The molecule has 162 valence electrons. The molecule has 3 aliphatic rings. The lowest BCUT2D eigenvalue weighted by molar-refractivity contribution is -0.122. The van der Waals surface area contributed by atoms with Gasteiger partial charge in [-0.25, -0.2) is 0 Å². The molecular formula is C24H34N4O2. The van der Waals surface area contributed by atoms with Crippen molar-refractivity contribution < 1.29 is 9.32 Å². The number of benzene rings is 1.